The van der Waals surface area contributed by atoms with E-state index in [1.807, 2.05) is 29.2 Å². The lowest BCUT2D eigenvalue weighted by Gasteiger charge is -2.36. The van der Waals surface area contributed by atoms with Gasteiger partial charge in [-0.05, 0) is 37.3 Å². The normalized spacial score (nSPS) is 27.2. The number of carbonyl (C=O) groups excluding carboxylic acids is 1. The molecule has 132 valence electrons. The molecule has 2 aliphatic heterocycles. The van der Waals surface area contributed by atoms with E-state index in [-0.39, 0.29) is 30.6 Å². The van der Waals surface area contributed by atoms with Crippen LogP contribution in [0, 0.1) is 5.92 Å². The number of nitrogens with zero attached hydrogens (tertiary/aromatic N) is 1. The highest BCUT2D eigenvalue weighted by atomic mass is 16.5. The van der Waals surface area contributed by atoms with Crippen LogP contribution in [0.4, 0.5) is 0 Å². The average Bonchev–Trinajstić information content (AvgIpc) is 3.10. The van der Waals surface area contributed by atoms with Crippen LogP contribution in [0.3, 0.4) is 0 Å². The van der Waals surface area contributed by atoms with E-state index in [0.29, 0.717) is 19.6 Å². The lowest BCUT2D eigenvalue weighted by atomic mass is 9.89. The molecule has 2 heterocycles. The standard InChI is InChI=1S/C19H27NO4/c1-2-14-6-3-4-8-18(14)24-13-19(22)20-10-5-7-16(20)15-12-23-11-9-17(15)21/h3-4,6,8,15-17,21H,2,5,7,9-13H2,1H3/t15-,16+,17+/m0/s1. The Morgan fingerprint density at radius 3 is 3.00 bits per heavy atom. The number of ether oxygens (including phenoxy) is 2. The molecular weight excluding hydrogens is 306 g/mol. The Balaban J connectivity index is 1.61. The molecule has 5 heteroatoms. The molecule has 1 aromatic rings. The molecule has 2 fully saturated rings. The summed E-state index contributed by atoms with van der Waals surface area (Å²) < 4.78 is 11.3. The maximum Gasteiger partial charge on any atom is 0.260 e. The first-order valence-electron chi connectivity index (χ1n) is 8.96. The topological polar surface area (TPSA) is 59.0 Å². The fraction of sp³-hybridized carbons (Fsp3) is 0.632. The van der Waals surface area contributed by atoms with E-state index >= 15 is 0 Å². The minimum atomic E-state index is -0.376. The first kappa shape index (κ1) is 17.2. The van der Waals surface area contributed by atoms with Crippen LogP contribution in [-0.2, 0) is 16.0 Å². The van der Waals surface area contributed by atoms with Crippen molar-refractivity contribution in [2.45, 2.75) is 44.8 Å². The summed E-state index contributed by atoms with van der Waals surface area (Å²) in [4.78, 5) is 14.5. The second kappa shape index (κ2) is 7.99. The van der Waals surface area contributed by atoms with Gasteiger partial charge >= 0.3 is 0 Å². The van der Waals surface area contributed by atoms with E-state index in [4.69, 9.17) is 9.47 Å². The molecule has 0 bridgehead atoms. The van der Waals surface area contributed by atoms with Crippen molar-refractivity contribution < 1.29 is 19.4 Å². The number of likely N-dealkylation sites (tertiary alicyclic amines) is 1. The van der Waals surface area contributed by atoms with Gasteiger partial charge in [-0.2, -0.15) is 0 Å². The number of amides is 1. The van der Waals surface area contributed by atoms with Gasteiger partial charge in [-0.25, -0.2) is 0 Å². The Kier molecular flexibility index (Phi) is 5.74. The van der Waals surface area contributed by atoms with Gasteiger partial charge < -0.3 is 19.5 Å². The van der Waals surface area contributed by atoms with E-state index < -0.39 is 0 Å². The summed E-state index contributed by atoms with van der Waals surface area (Å²) in [6, 6.07) is 7.90. The zero-order chi connectivity index (χ0) is 16.9. The van der Waals surface area contributed by atoms with Crippen molar-refractivity contribution in [2.24, 2.45) is 5.92 Å². The van der Waals surface area contributed by atoms with Crippen molar-refractivity contribution in [3.63, 3.8) is 0 Å². The highest BCUT2D eigenvalue weighted by molar-refractivity contribution is 5.78. The van der Waals surface area contributed by atoms with E-state index in [2.05, 4.69) is 6.92 Å². The van der Waals surface area contributed by atoms with Crippen LogP contribution in [0.1, 0.15) is 31.7 Å². The van der Waals surface area contributed by atoms with Crippen LogP contribution in [0.2, 0.25) is 0 Å². The summed E-state index contributed by atoms with van der Waals surface area (Å²) in [5.41, 5.74) is 1.11. The predicted molar refractivity (Wildman–Crippen MR) is 91.0 cm³/mol. The number of hydrogen-bond acceptors (Lipinski definition) is 4. The molecule has 0 aromatic heterocycles. The number of aliphatic hydroxyl groups is 1. The Bertz CT molecular complexity index is 562. The molecule has 2 saturated heterocycles. The SMILES string of the molecule is CCc1ccccc1OCC(=O)N1CCC[C@@H]1[C@@H]1COCC[C@H]1O. The third-order valence-electron chi connectivity index (χ3n) is 5.18. The monoisotopic (exact) mass is 333 g/mol. The summed E-state index contributed by atoms with van der Waals surface area (Å²) in [6.07, 6.45) is 3.07. The lowest BCUT2D eigenvalue weighted by molar-refractivity contribution is -0.138. The molecule has 2 aliphatic rings. The highest BCUT2D eigenvalue weighted by Gasteiger charge is 2.39. The number of benzene rings is 1. The number of hydrogen-bond donors (Lipinski definition) is 1. The molecule has 0 aliphatic carbocycles. The Labute approximate surface area is 143 Å². The van der Waals surface area contributed by atoms with Gasteiger partial charge in [-0.3, -0.25) is 4.79 Å². The Morgan fingerprint density at radius 2 is 2.21 bits per heavy atom. The largest absolute Gasteiger partial charge is 0.483 e. The van der Waals surface area contributed by atoms with Gasteiger partial charge in [-0.15, -0.1) is 0 Å². The van der Waals surface area contributed by atoms with Crippen molar-refractivity contribution in [3.8, 4) is 5.75 Å². The molecule has 0 unspecified atom stereocenters. The minimum Gasteiger partial charge on any atom is -0.483 e. The maximum atomic E-state index is 12.7. The van der Waals surface area contributed by atoms with Gasteiger partial charge in [0.1, 0.15) is 5.75 Å². The summed E-state index contributed by atoms with van der Waals surface area (Å²) in [7, 11) is 0. The van der Waals surface area contributed by atoms with Crippen molar-refractivity contribution in [3.05, 3.63) is 29.8 Å². The van der Waals surface area contributed by atoms with Gasteiger partial charge in [0.25, 0.3) is 5.91 Å². The quantitative estimate of drug-likeness (QED) is 0.895. The van der Waals surface area contributed by atoms with Crippen molar-refractivity contribution in [2.75, 3.05) is 26.4 Å². The summed E-state index contributed by atoms with van der Waals surface area (Å²) in [5, 5.41) is 10.3. The summed E-state index contributed by atoms with van der Waals surface area (Å²) in [5.74, 6) is 0.805. The number of aliphatic hydroxyl groups excluding tert-OH is 1. The zero-order valence-electron chi connectivity index (χ0n) is 14.3. The zero-order valence-corrected chi connectivity index (χ0v) is 14.3. The molecule has 1 amide bonds. The van der Waals surface area contributed by atoms with Crippen LogP contribution in [0.25, 0.3) is 0 Å². The van der Waals surface area contributed by atoms with Crippen LogP contribution in [-0.4, -0.2) is 54.4 Å². The molecule has 1 N–H and O–H groups in total. The smallest absolute Gasteiger partial charge is 0.260 e. The molecule has 3 atom stereocenters. The molecule has 0 radical (unpaired) electrons. The van der Waals surface area contributed by atoms with Crippen molar-refractivity contribution in [1.29, 1.82) is 0 Å². The average molecular weight is 333 g/mol. The molecule has 1 aromatic carbocycles. The van der Waals surface area contributed by atoms with E-state index in [9.17, 15) is 9.90 Å². The second-order valence-electron chi connectivity index (χ2n) is 6.64. The molecule has 0 saturated carbocycles. The molecular formula is C19H27NO4. The number of carbonyl (C=O) groups is 1. The highest BCUT2D eigenvalue weighted by Crippen LogP contribution is 2.30. The fourth-order valence-corrected chi connectivity index (χ4v) is 3.82. The maximum absolute atomic E-state index is 12.7. The fourth-order valence-electron chi connectivity index (χ4n) is 3.82. The molecule has 24 heavy (non-hydrogen) atoms. The first-order chi connectivity index (χ1) is 11.7. The van der Waals surface area contributed by atoms with Gasteiger partial charge in [0.15, 0.2) is 6.61 Å². The third-order valence-corrected chi connectivity index (χ3v) is 5.18. The summed E-state index contributed by atoms with van der Waals surface area (Å²) in [6.45, 7) is 4.01. The Morgan fingerprint density at radius 1 is 1.38 bits per heavy atom. The number of rotatable bonds is 5. The van der Waals surface area contributed by atoms with Gasteiger partial charge in [-0.1, -0.05) is 25.1 Å². The summed E-state index contributed by atoms with van der Waals surface area (Å²) >= 11 is 0. The molecule has 0 spiro atoms. The van der Waals surface area contributed by atoms with Gasteiger partial charge in [0.2, 0.25) is 0 Å². The Hall–Kier alpha value is -1.59. The predicted octanol–water partition coefficient (Wildman–Crippen LogP) is 2.02. The third kappa shape index (κ3) is 3.73. The van der Waals surface area contributed by atoms with Crippen molar-refractivity contribution >= 4 is 5.91 Å². The number of para-hydroxylation sites is 1. The first-order valence-corrected chi connectivity index (χ1v) is 8.96. The molecule has 5 nitrogen and oxygen atoms in total. The van der Waals surface area contributed by atoms with Crippen LogP contribution >= 0.6 is 0 Å². The van der Waals surface area contributed by atoms with Gasteiger partial charge in [0.05, 0.1) is 12.7 Å². The second-order valence-corrected chi connectivity index (χ2v) is 6.64. The van der Waals surface area contributed by atoms with Crippen LogP contribution in [0.5, 0.6) is 5.75 Å². The van der Waals surface area contributed by atoms with Crippen LogP contribution in [0.15, 0.2) is 24.3 Å². The van der Waals surface area contributed by atoms with Crippen LogP contribution < -0.4 is 4.74 Å². The lowest BCUT2D eigenvalue weighted by Crippen LogP contribution is -2.49. The van der Waals surface area contributed by atoms with Gasteiger partial charge in [0, 0.05) is 25.1 Å². The van der Waals surface area contributed by atoms with E-state index in [0.717, 1.165) is 37.1 Å². The van der Waals surface area contributed by atoms with E-state index in [1.165, 1.54) is 0 Å². The van der Waals surface area contributed by atoms with Crippen molar-refractivity contribution in [1.82, 2.24) is 4.90 Å². The van der Waals surface area contributed by atoms with E-state index in [1.54, 1.807) is 0 Å². The molecule has 3 rings (SSSR count). The minimum absolute atomic E-state index is 0.00109. The number of aryl methyl sites for hydroxylation is 1.